The smallest absolute Gasteiger partial charge is 0.270 e. The van der Waals surface area contributed by atoms with Crippen LogP contribution in [0.5, 0.6) is 0 Å². The molecule has 0 aromatic heterocycles. The summed E-state index contributed by atoms with van der Waals surface area (Å²) in [5, 5.41) is 13.6. The SMILES string of the molecule is CCC(C)C(C)NS(=O)(=O)c1cc([N+](=O)[O-])ccc1NC. The van der Waals surface area contributed by atoms with Gasteiger partial charge in [0.15, 0.2) is 0 Å². The number of non-ortho nitro benzene ring substituents is 1. The van der Waals surface area contributed by atoms with Gasteiger partial charge in [-0.05, 0) is 18.9 Å². The normalized spacial score (nSPS) is 14.5. The summed E-state index contributed by atoms with van der Waals surface area (Å²) in [5.74, 6) is 0.163. The Bertz CT molecular complexity index is 616. The molecule has 1 aromatic carbocycles. The fourth-order valence-corrected chi connectivity index (χ4v) is 3.42. The number of benzene rings is 1. The molecule has 2 unspecified atom stereocenters. The van der Waals surface area contributed by atoms with Crippen molar-refractivity contribution >= 4 is 21.4 Å². The van der Waals surface area contributed by atoms with Gasteiger partial charge in [-0.3, -0.25) is 10.1 Å². The summed E-state index contributed by atoms with van der Waals surface area (Å²) in [6.45, 7) is 5.70. The van der Waals surface area contributed by atoms with Crippen molar-refractivity contribution in [2.24, 2.45) is 5.92 Å². The highest BCUT2D eigenvalue weighted by molar-refractivity contribution is 7.89. The lowest BCUT2D eigenvalue weighted by atomic mass is 10.0. The zero-order valence-corrected chi connectivity index (χ0v) is 13.4. The minimum atomic E-state index is -3.83. The van der Waals surface area contributed by atoms with Crippen LogP contribution in [0.15, 0.2) is 23.1 Å². The van der Waals surface area contributed by atoms with Crippen molar-refractivity contribution in [3.05, 3.63) is 28.3 Å². The maximum absolute atomic E-state index is 12.4. The number of nitrogens with zero attached hydrogens (tertiary/aromatic N) is 1. The molecule has 0 saturated carbocycles. The van der Waals surface area contributed by atoms with Crippen LogP contribution in [0.25, 0.3) is 0 Å². The zero-order chi connectivity index (χ0) is 16.2. The van der Waals surface area contributed by atoms with Crippen molar-refractivity contribution in [2.75, 3.05) is 12.4 Å². The third-order valence-electron chi connectivity index (χ3n) is 3.57. The summed E-state index contributed by atoms with van der Waals surface area (Å²) >= 11 is 0. The predicted molar refractivity (Wildman–Crippen MR) is 81.9 cm³/mol. The largest absolute Gasteiger partial charge is 0.387 e. The van der Waals surface area contributed by atoms with E-state index in [2.05, 4.69) is 10.0 Å². The lowest BCUT2D eigenvalue weighted by Crippen LogP contribution is -2.37. The van der Waals surface area contributed by atoms with Crippen LogP contribution in [0.1, 0.15) is 27.2 Å². The van der Waals surface area contributed by atoms with E-state index in [0.717, 1.165) is 12.5 Å². The first kappa shape index (κ1) is 17.4. The molecule has 21 heavy (non-hydrogen) atoms. The van der Waals surface area contributed by atoms with Gasteiger partial charge in [0.05, 0.1) is 10.6 Å². The summed E-state index contributed by atoms with van der Waals surface area (Å²) in [6.07, 6.45) is 0.831. The van der Waals surface area contributed by atoms with Crippen molar-refractivity contribution in [3.63, 3.8) is 0 Å². The molecule has 118 valence electrons. The van der Waals surface area contributed by atoms with Gasteiger partial charge in [-0.1, -0.05) is 20.3 Å². The molecule has 0 fully saturated rings. The highest BCUT2D eigenvalue weighted by atomic mass is 32.2. The number of hydrogen-bond donors (Lipinski definition) is 2. The Morgan fingerprint density at radius 3 is 2.43 bits per heavy atom. The highest BCUT2D eigenvalue weighted by Gasteiger charge is 2.25. The average Bonchev–Trinajstić information content (AvgIpc) is 2.44. The van der Waals surface area contributed by atoms with Gasteiger partial charge >= 0.3 is 0 Å². The van der Waals surface area contributed by atoms with Crippen LogP contribution in [0.2, 0.25) is 0 Å². The van der Waals surface area contributed by atoms with E-state index in [1.807, 2.05) is 13.8 Å². The molecule has 7 nitrogen and oxygen atoms in total. The van der Waals surface area contributed by atoms with Crippen molar-refractivity contribution in [1.82, 2.24) is 4.72 Å². The lowest BCUT2D eigenvalue weighted by molar-refractivity contribution is -0.385. The first-order valence-corrected chi connectivity index (χ1v) is 8.19. The van der Waals surface area contributed by atoms with E-state index in [4.69, 9.17) is 0 Å². The molecular weight excluding hydrogens is 294 g/mol. The molecule has 0 heterocycles. The fraction of sp³-hybridized carbons (Fsp3) is 0.538. The van der Waals surface area contributed by atoms with Crippen molar-refractivity contribution in [2.45, 2.75) is 38.1 Å². The van der Waals surface area contributed by atoms with Gasteiger partial charge in [0, 0.05) is 25.2 Å². The number of rotatable bonds is 7. The summed E-state index contributed by atoms with van der Waals surface area (Å²) in [5.41, 5.74) is 0.0648. The highest BCUT2D eigenvalue weighted by Crippen LogP contribution is 2.26. The molecule has 0 amide bonds. The van der Waals surface area contributed by atoms with Gasteiger partial charge < -0.3 is 5.32 Å². The van der Waals surface area contributed by atoms with Gasteiger partial charge in [0.2, 0.25) is 10.0 Å². The topological polar surface area (TPSA) is 101 Å². The van der Waals surface area contributed by atoms with Crippen LogP contribution >= 0.6 is 0 Å². The Morgan fingerprint density at radius 1 is 1.33 bits per heavy atom. The van der Waals surface area contributed by atoms with Gasteiger partial charge in [-0.25, -0.2) is 13.1 Å². The maximum atomic E-state index is 12.4. The average molecular weight is 315 g/mol. The van der Waals surface area contributed by atoms with E-state index in [1.54, 1.807) is 14.0 Å². The van der Waals surface area contributed by atoms with Crippen LogP contribution in [0.4, 0.5) is 11.4 Å². The van der Waals surface area contributed by atoms with E-state index in [9.17, 15) is 18.5 Å². The molecule has 0 spiro atoms. The molecular formula is C13H21N3O4S. The van der Waals surface area contributed by atoms with Crippen LogP contribution < -0.4 is 10.0 Å². The van der Waals surface area contributed by atoms with E-state index in [1.165, 1.54) is 12.1 Å². The number of nitrogens with one attached hydrogen (secondary N) is 2. The van der Waals surface area contributed by atoms with Crippen LogP contribution in [0, 0.1) is 16.0 Å². The third kappa shape index (κ3) is 4.15. The van der Waals surface area contributed by atoms with Crippen molar-refractivity contribution in [3.8, 4) is 0 Å². The molecule has 1 aromatic rings. The monoisotopic (exact) mass is 315 g/mol. The quantitative estimate of drug-likeness (QED) is 0.594. The second-order valence-corrected chi connectivity index (χ2v) is 6.67. The van der Waals surface area contributed by atoms with Crippen molar-refractivity contribution < 1.29 is 13.3 Å². The zero-order valence-electron chi connectivity index (χ0n) is 12.6. The second kappa shape index (κ2) is 6.86. The first-order chi connectivity index (χ1) is 9.72. The predicted octanol–water partition coefficient (Wildman–Crippen LogP) is 2.35. The standard InChI is InChI=1S/C13H21N3O4S/c1-5-9(2)10(3)15-21(19,20)13-8-11(16(17)18)6-7-12(13)14-4/h6-10,14-15H,5H2,1-4H3. The van der Waals surface area contributed by atoms with Gasteiger partial charge in [0.1, 0.15) is 4.90 Å². The second-order valence-electron chi connectivity index (χ2n) is 4.98. The Labute approximate surface area is 124 Å². The molecule has 1 rings (SSSR count). The Morgan fingerprint density at radius 2 is 1.95 bits per heavy atom. The van der Waals surface area contributed by atoms with E-state index >= 15 is 0 Å². The number of sulfonamides is 1. The third-order valence-corrected chi connectivity index (χ3v) is 5.17. The first-order valence-electron chi connectivity index (χ1n) is 6.71. The Hall–Kier alpha value is -1.67. The van der Waals surface area contributed by atoms with Crippen molar-refractivity contribution in [1.29, 1.82) is 0 Å². The molecule has 2 atom stereocenters. The number of anilines is 1. The van der Waals surface area contributed by atoms with Gasteiger partial charge in [-0.2, -0.15) is 0 Å². The van der Waals surface area contributed by atoms with Crippen LogP contribution in [0.3, 0.4) is 0 Å². The van der Waals surface area contributed by atoms with Crippen LogP contribution in [-0.4, -0.2) is 26.4 Å². The summed E-state index contributed by atoms with van der Waals surface area (Å²) < 4.78 is 27.5. The molecule has 0 aliphatic carbocycles. The van der Waals surface area contributed by atoms with Gasteiger partial charge in [-0.15, -0.1) is 0 Å². The molecule has 0 radical (unpaired) electrons. The van der Waals surface area contributed by atoms with E-state index in [0.29, 0.717) is 5.69 Å². The minimum absolute atomic E-state index is 0.116. The fourth-order valence-electron chi connectivity index (χ4n) is 1.83. The van der Waals surface area contributed by atoms with E-state index < -0.39 is 14.9 Å². The Kier molecular flexibility index (Phi) is 5.68. The Balaban J connectivity index is 3.23. The lowest BCUT2D eigenvalue weighted by Gasteiger charge is -2.20. The molecule has 0 bridgehead atoms. The minimum Gasteiger partial charge on any atom is -0.387 e. The number of nitro groups is 1. The van der Waals surface area contributed by atoms with E-state index in [-0.39, 0.29) is 22.5 Å². The van der Waals surface area contributed by atoms with Crippen LogP contribution in [-0.2, 0) is 10.0 Å². The summed E-state index contributed by atoms with van der Waals surface area (Å²) in [6, 6.07) is 3.46. The number of nitro benzene ring substituents is 1. The maximum Gasteiger partial charge on any atom is 0.270 e. The molecule has 2 N–H and O–H groups in total. The summed E-state index contributed by atoms with van der Waals surface area (Å²) in [7, 11) is -2.26. The summed E-state index contributed by atoms with van der Waals surface area (Å²) in [4.78, 5) is 10.1. The molecule has 0 aliphatic rings. The number of hydrogen-bond acceptors (Lipinski definition) is 5. The molecule has 0 aliphatic heterocycles. The van der Waals surface area contributed by atoms with Gasteiger partial charge in [0.25, 0.3) is 5.69 Å². The molecule has 0 saturated heterocycles. The molecule has 8 heteroatoms.